The van der Waals surface area contributed by atoms with Gasteiger partial charge in [0.05, 0.1) is 11.0 Å². The molecule has 1 N–H and O–H groups in total. The molecule has 0 aliphatic carbocycles. The molecule has 0 aliphatic heterocycles. The quantitative estimate of drug-likeness (QED) is 0.399. The van der Waals surface area contributed by atoms with Crippen LogP contribution in [0.3, 0.4) is 0 Å². The van der Waals surface area contributed by atoms with Gasteiger partial charge in [0.1, 0.15) is 17.2 Å². The van der Waals surface area contributed by atoms with Crippen LogP contribution in [0.4, 0.5) is 11.6 Å². The lowest BCUT2D eigenvalue weighted by molar-refractivity contribution is 0.0958. The number of aryl methyl sites for hydroxylation is 1. The second-order valence-corrected chi connectivity index (χ2v) is 7.96. The molecule has 152 valence electrons. The van der Waals surface area contributed by atoms with E-state index in [0.717, 1.165) is 22.7 Å². The van der Waals surface area contributed by atoms with Gasteiger partial charge in [0.15, 0.2) is 0 Å². The van der Waals surface area contributed by atoms with Crippen molar-refractivity contribution in [2.24, 2.45) is 7.05 Å². The van der Waals surface area contributed by atoms with E-state index in [4.69, 9.17) is 9.72 Å². The lowest BCUT2D eigenvalue weighted by Crippen LogP contribution is -2.18. The number of amides is 1. The van der Waals surface area contributed by atoms with Gasteiger partial charge in [-0.3, -0.25) is 9.78 Å². The van der Waals surface area contributed by atoms with Crippen molar-refractivity contribution in [3.05, 3.63) is 70.1 Å². The third-order valence-corrected chi connectivity index (χ3v) is 5.42. The molecule has 0 spiro atoms. The van der Waals surface area contributed by atoms with Gasteiger partial charge < -0.3 is 19.5 Å². The zero-order valence-corrected chi connectivity index (χ0v) is 18.9. The van der Waals surface area contributed by atoms with E-state index < -0.39 is 0 Å². The summed E-state index contributed by atoms with van der Waals surface area (Å²) in [6, 6.07) is 17.3. The fourth-order valence-electron chi connectivity index (χ4n) is 3.19. The average Bonchev–Trinajstić information content (AvgIpc) is 3.08. The van der Waals surface area contributed by atoms with Crippen molar-refractivity contribution < 1.29 is 9.53 Å². The predicted octanol–water partition coefficient (Wildman–Crippen LogP) is 4.49. The number of ether oxygens (including phenoxy) is 1. The van der Waals surface area contributed by atoms with Crippen molar-refractivity contribution in [2.75, 3.05) is 19.0 Å². The molecule has 4 rings (SSSR count). The third-order valence-electron chi connectivity index (χ3n) is 4.75. The molecule has 2 aromatic heterocycles. The SMILES string of the molecule is CNC(=O)c1cc(Oc2ccc3c(c2)nc(N(C)c2cccc(I)c2)n3C)ccn1. The second-order valence-electron chi connectivity index (χ2n) is 6.72. The maximum absolute atomic E-state index is 11.8. The minimum absolute atomic E-state index is 0.260. The van der Waals surface area contributed by atoms with Crippen LogP contribution in [0.1, 0.15) is 10.5 Å². The van der Waals surface area contributed by atoms with Crippen molar-refractivity contribution in [3.63, 3.8) is 0 Å². The summed E-state index contributed by atoms with van der Waals surface area (Å²) in [6.07, 6.45) is 1.55. The van der Waals surface area contributed by atoms with Gasteiger partial charge in [-0.2, -0.15) is 0 Å². The summed E-state index contributed by atoms with van der Waals surface area (Å²) in [4.78, 5) is 22.7. The summed E-state index contributed by atoms with van der Waals surface area (Å²) in [5.74, 6) is 1.74. The number of anilines is 2. The zero-order chi connectivity index (χ0) is 21.3. The van der Waals surface area contributed by atoms with Crippen molar-refractivity contribution in [1.82, 2.24) is 19.9 Å². The molecule has 7 nitrogen and oxygen atoms in total. The number of nitrogens with zero attached hydrogens (tertiary/aromatic N) is 4. The Balaban J connectivity index is 1.65. The lowest BCUT2D eigenvalue weighted by atomic mass is 10.3. The molecule has 30 heavy (non-hydrogen) atoms. The molecule has 4 aromatic rings. The van der Waals surface area contributed by atoms with Crippen molar-refractivity contribution in [3.8, 4) is 11.5 Å². The Labute approximate surface area is 187 Å². The number of halogens is 1. The van der Waals surface area contributed by atoms with Gasteiger partial charge in [-0.25, -0.2) is 4.98 Å². The minimum Gasteiger partial charge on any atom is -0.457 e. The van der Waals surface area contributed by atoms with Gasteiger partial charge in [-0.1, -0.05) is 6.07 Å². The molecule has 0 saturated carbocycles. The van der Waals surface area contributed by atoms with Crippen LogP contribution in [-0.4, -0.2) is 34.5 Å². The normalized spacial score (nSPS) is 10.8. The van der Waals surface area contributed by atoms with E-state index in [2.05, 4.69) is 60.6 Å². The number of carbonyl (C=O) groups is 1. The monoisotopic (exact) mass is 513 g/mol. The first-order valence-corrected chi connectivity index (χ1v) is 10.4. The fraction of sp³-hybridized carbons (Fsp3) is 0.136. The summed E-state index contributed by atoms with van der Waals surface area (Å²) in [7, 11) is 5.56. The van der Waals surface area contributed by atoms with E-state index in [-0.39, 0.29) is 5.91 Å². The first kappa shape index (κ1) is 20.1. The molecular weight excluding hydrogens is 493 g/mol. The van der Waals surface area contributed by atoms with E-state index in [1.165, 1.54) is 3.57 Å². The maximum atomic E-state index is 11.8. The largest absolute Gasteiger partial charge is 0.457 e. The van der Waals surface area contributed by atoms with E-state index in [0.29, 0.717) is 17.2 Å². The Bertz CT molecular complexity index is 1240. The Hall–Kier alpha value is -3.14. The Kier molecular flexibility index (Phi) is 5.58. The molecular formula is C22H20IN5O2. The molecule has 8 heteroatoms. The fourth-order valence-corrected chi connectivity index (χ4v) is 3.72. The Morgan fingerprint density at radius 3 is 2.70 bits per heavy atom. The van der Waals surface area contributed by atoms with Crippen LogP contribution >= 0.6 is 22.6 Å². The van der Waals surface area contributed by atoms with Gasteiger partial charge in [0, 0.05) is 48.7 Å². The summed E-state index contributed by atoms with van der Waals surface area (Å²) >= 11 is 2.30. The molecule has 0 saturated heterocycles. The molecule has 0 radical (unpaired) electrons. The number of aromatic nitrogens is 3. The zero-order valence-electron chi connectivity index (χ0n) is 16.8. The lowest BCUT2D eigenvalue weighted by Gasteiger charge is -2.18. The van der Waals surface area contributed by atoms with E-state index in [1.54, 1.807) is 25.4 Å². The van der Waals surface area contributed by atoms with E-state index in [9.17, 15) is 4.79 Å². The summed E-state index contributed by atoms with van der Waals surface area (Å²) in [6.45, 7) is 0. The molecule has 1 amide bonds. The standard InChI is InChI=1S/C22H20IN5O2/c1-24-21(29)19-13-17(9-10-25-19)30-16-7-8-20-18(12-16)26-22(28(20)3)27(2)15-6-4-5-14(23)11-15/h4-13H,1-3H3,(H,24,29). The summed E-state index contributed by atoms with van der Waals surface area (Å²) in [5, 5.41) is 2.56. The molecule has 0 fully saturated rings. The number of benzene rings is 2. The van der Waals surface area contributed by atoms with Gasteiger partial charge in [0.25, 0.3) is 5.91 Å². The van der Waals surface area contributed by atoms with Crippen LogP contribution < -0.4 is 15.0 Å². The van der Waals surface area contributed by atoms with Crippen LogP contribution in [-0.2, 0) is 7.05 Å². The van der Waals surface area contributed by atoms with Gasteiger partial charge in [0.2, 0.25) is 5.95 Å². The maximum Gasteiger partial charge on any atom is 0.269 e. The van der Waals surface area contributed by atoms with Gasteiger partial charge >= 0.3 is 0 Å². The van der Waals surface area contributed by atoms with Crippen LogP contribution in [0.5, 0.6) is 11.5 Å². The number of imidazole rings is 1. The van der Waals surface area contributed by atoms with E-state index >= 15 is 0 Å². The molecule has 0 aliphatic rings. The van der Waals surface area contributed by atoms with Gasteiger partial charge in [-0.05, 0) is 59.0 Å². The minimum atomic E-state index is -0.260. The highest BCUT2D eigenvalue weighted by Gasteiger charge is 2.15. The second kappa shape index (κ2) is 8.31. The summed E-state index contributed by atoms with van der Waals surface area (Å²) < 4.78 is 9.17. The highest BCUT2D eigenvalue weighted by molar-refractivity contribution is 14.1. The van der Waals surface area contributed by atoms with Crippen LogP contribution in [0.25, 0.3) is 11.0 Å². The molecule has 2 heterocycles. The summed E-state index contributed by atoms with van der Waals surface area (Å²) in [5.41, 5.74) is 3.18. The smallest absolute Gasteiger partial charge is 0.269 e. The number of pyridine rings is 1. The molecule has 0 bridgehead atoms. The number of fused-ring (bicyclic) bond motifs is 1. The third kappa shape index (κ3) is 3.95. The van der Waals surface area contributed by atoms with Crippen molar-refractivity contribution in [1.29, 1.82) is 0 Å². The average molecular weight is 513 g/mol. The molecule has 0 atom stereocenters. The number of carbonyl (C=O) groups excluding carboxylic acids is 1. The van der Waals surface area contributed by atoms with Crippen LogP contribution in [0.15, 0.2) is 60.8 Å². The highest BCUT2D eigenvalue weighted by Crippen LogP contribution is 2.30. The first-order chi connectivity index (χ1) is 14.5. The van der Waals surface area contributed by atoms with Crippen molar-refractivity contribution in [2.45, 2.75) is 0 Å². The number of rotatable bonds is 5. The highest BCUT2D eigenvalue weighted by atomic mass is 127. The van der Waals surface area contributed by atoms with Gasteiger partial charge in [-0.15, -0.1) is 0 Å². The van der Waals surface area contributed by atoms with Crippen LogP contribution in [0.2, 0.25) is 0 Å². The van der Waals surface area contributed by atoms with Crippen LogP contribution in [0, 0.1) is 3.57 Å². The van der Waals surface area contributed by atoms with Crippen molar-refractivity contribution >= 4 is 51.2 Å². The topological polar surface area (TPSA) is 72.3 Å². The Morgan fingerprint density at radius 1 is 1.13 bits per heavy atom. The molecule has 0 unspecified atom stereocenters. The number of hydrogen-bond donors (Lipinski definition) is 1. The number of hydrogen-bond acceptors (Lipinski definition) is 5. The number of nitrogens with one attached hydrogen (secondary N) is 1. The van der Waals surface area contributed by atoms with E-state index in [1.807, 2.05) is 38.4 Å². The predicted molar refractivity (Wildman–Crippen MR) is 126 cm³/mol. The molecule has 2 aromatic carbocycles. The first-order valence-electron chi connectivity index (χ1n) is 9.28. The Morgan fingerprint density at radius 2 is 1.93 bits per heavy atom.